The van der Waals surface area contributed by atoms with Crippen molar-refractivity contribution in [3.63, 3.8) is 0 Å². The number of oxazole rings is 1. The van der Waals surface area contributed by atoms with Gasteiger partial charge in [0.2, 0.25) is 5.91 Å². The Kier molecular flexibility index (Phi) is 3.93. The largest absolute Gasteiger partial charge is 0.431 e. The molecule has 3 rings (SSSR count). The smallest absolute Gasteiger partial charge is 0.257 e. The maximum atomic E-state index is 12.0. The Morgan fingerprint density at radius 1 is 1.50 bits per heavy atom. The molecule has 20 heavy (non-hydrogen) atoms. The zero-order valence-electron chi connectivity index (χ0n) is 11.0. The lowest BCUT2D eigenvalue weighted by Gasteiger charge is -2.15. The van der Waals surface area contributed by atoms with Crippen LogP contribution in [0.1, 0.15) is 6.42 Å². The van der Waals surface area contributed by atoms with Gasteiger partial charge in [0.25, 0.3) is 5.22 Å². The summed E-state index contributed by atoms with van der Waals surface area (Å²) >= 11 is 1.32. The molecule has 1 fully saturated rings. The van der Waals surface area contributed by atoms with Gasteiger partial charge in [-0.1, -0.05) is 23.9 Å². The number of carbonyl (C=O) groups excluding carboxylic acids is 1. The van der Waals surface area contributed by atoms with E-state index in [-0.39, 0.29) is 18.4 Å². The Morgan fingerprint density at radius 3 is 3.10 bits per heavy atom. The summed E-state index contributed by atoms with van der Waals surface area (Å²) in [6, 6.07) is 7.55. The number of rotatable bonds is 4. The van der Waals surface area contributed by atoms with Crippen molar-refractivity contribution in [2.24, 2.45) is 5.92 Å². The quantitative estimate of drug-likeness (QED) is 0.870. The van der Waals surface area contributed by atoms with Crippen LogP contribution in [0.15, 0.2) is 33.9 Å². The lowest BCUT2D eigenvalue weighted by atomic mass is 10.1. The number of likely N-dealkylation sites (tertiary alicyclic amines) is 1. The van der Waals surface area contributed by atoms with Gasteiger partial charge in [-0.05, 0) is 18.6 Å². The molecule has 0 radical (unpaired) electrons. The Hall–Kier alpha value is -1.53. The van der Waals surface area contributed by atoms with Crippen LogP contribution < -0.4 is 0 Å². The topological polar surface area (TPSA) is 66.6 Å². The molecule has 1 aromatic heterocycles. The number of amides is 1. The summed E-state index contributed by atoms with van der Waals surface area (Å²) in [5.41, 5.74) is 1.55. The standard InChI is InChI=1S/C14H16N2O3S/c17-8-10-5-6-16(7-10)13(18)9-20-14-15-11-3-1-2-4-12(11)19-14/h1-4,10,17H,5-9H2. The van der Waals surface area contributed by atoms with Gasteiger partial charge in [-0.2, -0.15) is 0 Å². The lowest BCUT2D eigenvalue weighted by molar-refractivity contribution is -0.127. The Bertz CT molecular complexity index is 580. The molecule has 1 aliphatic rings. The molecule has 0 aliphatic carbocycles. The van der Waals surface area contributed by atoms with Crippen LogP contribution in [0.3, 0.4) is 0 Å². The summed E-state index contributed by atoms with van der Waals surface area (Å²) in [7, 11) is 0. The van der Waals surface area contributed by atoms with Crippen molar-refractivity contribution >= 4 is 28.8 Å². The molecule has 1 amide bonds. The number of para-hydroxylation sites is 2. The fraction of sp³-hybridized carbons (Fsp3) is 0.429. The first-order valence-electron chi connectivity index (χ1n) is 6.63. The van der Waals surface area contributed by atoms with Crippen molar-refractivity contribution in [1.29, 1.82) is 0 Å². The number of thioether (sulfide) groups is 1. The van der Waals surface area contributed by atoms with E-state index in [1.165, 1.54) is 11.8 Å². The van der Waals surface area contributed by atoms with Gasteiger partial charge in [0.05, 0.1) is 5.75 Å². The zero-order chi connectivity index (χ0) is 13.9. The molecule has 1 aliphatic heterocycles. The molecule has 1 saturated heterocycles. The van der Waals surface area contributed by atoms with E-state index in [4.69, 9.17) is 9.52 Å². The van der Waals surface area contributed by atoms with Crippen LogP contribution in [0.5, 0.6) is 0 Å². The molecule has 1 unspecified atom stereocenters. The molecule has 0 spiro atoms. The van der Waals surface area contributed by atoms with Crippen LogP contribution in [0.2, 0.25) is 0 Å². The second kappa shape index (κ2) is 5.85. The van der Waals surface area contributed by atoms with Crippen LogP contribution in [-0.2, 0) is 4.79 Å². The van der Waals surface area contributed by atoms with E-state index in [0.717, 1.165) is 24.1 Å². The van der Waals surface area contributed by atoms with Crippen molar-refractivity contribution in [3.8, 4) is 0 Å². The third-order valence-electron chi connectivity index (χ3n) is 3.49. The first-order chi connectivity index (χ1) is 9.76. The van der Waals surface area contributed by atoms with Crippen LogP contribution in [-0.4, -0.2) is 46.3 Å². The Balaban J connectivity index is 1.57. The van der Waals surface area contributed by atoms with Crippen LogP contribution >= 0.6 is 11.8 Å². The minimum absolute atomic E-state index is 0.0770. The number of carbonyl (C=O) groups is 1. The third-order valence-corrected chi connectivity index (χ3v) is 4.30. The molecular weight excluding hydrogens is 276 g/mol. The number of hydrogen-bond acceptors (Lipinski definition) is 5. The van der Waals surface area contributed by atoms with E-state index in [1.54, 1.807) is 4.90 Å². The third kappa shape index (κ3) is 2.81. The first kappa shape index (κ1) is 13.5. The zero-order valence-corrected chi connectivity index (χ0v) is 11.8. The number of fused-ring (bicyclic) bond motifs is 1. The number of nitrogens with zero attached hydrogens (tertiary/aromatic N) is 2. The predicted octanol–water partition coefficient (Wildman–Crippen LogP) is 1.76. The Labute approximate surface area is 121 Å². The van der Waals surface area contributed by atoms with Crippen molar-refractivity contribution in [3.05, 3.63) is 24.3 Å². The molecule has 5 nitrogen and oxygen atoms in total. The van der Waals surface area contributed by atoms with Crippen molar-refractivity contribution in [2.45, 2.75) is 11.6 Å². The summed E-state index contributed by atoms with van der Waals surface area (Å²) < 4.78 is 5.56. The molecule has 2 heterocycles. The highest BCUT2D eigenvalue weighted by Crippen LogP contribution is 2.24. The highest BCUT2D eigenvalue weighted by molar-refractivity contribution is 7.99. The van der Waals surface area contributed by atoms with Crippen LogP contribution in [0, 0.1) is 5.92 Å². The van der Waals surface area contributed by atoms with Gasteiger partial charge >= 0.3 is 0 Å². The number of aliphatic hydroxyl groups excluding tert-OH is 1. The highest BCUT2D eigenvalue weighted by atomic mass is 32.2. The molecule has 1 N–H and O–H groups in total. The maximum Gasteiger partial charge on any atom is 0.257 e. The van der Waals surface area contributed by atoms with E-state index in [2.05, 4.69) is 4.98 Å². The molecule has 1 aromatic carbocycles. The van der Waals surface area contributed by atoms with Gasteiger partial charge in [-0.3, -0.25) is 4.79 Å². The molecule has 0 saturated carbocycles. The number of benzene rings is 1. The average Bonchev–Trinajstić information content (AvgIpc) is 3.10. The van der Waals surface area contributed by atoms with Crippen molar-refractivity contribution < 1.29 is 14.3 Å². The molecular formula is C14H16N2O3S. The second-order valence-corrected chi connectivity index (χ2v) is 5.84. The molecule has 6 heteroatoms. The average molecular weight is 292 g/mol. The van der Waals surface area contributed by atoms with Crippen molar-refractivity contribution in [1.82, 2.24) is 9.88 Å². The molecule has 2 aromatic rings. The van der Waals surface area contributed by atoms with Gasteiger partial charge in [0.15, 0.2) is 5.58 Å². The Morgan fingerprint density at radius 2 is 2.35 bits per heavy atom. The second-order valence-electron chi connectivity index (χ2n) is 4.91. The van der Waals surface area contributed by atoms with E-state index in [9.17, 15) is 4.79 Å². The lowest BCUT2D eigenvalue weighted by Crippen LogP contribution is -2.30. The van der Waals surface area contributed by atoms with Gasteiger partial charge in [-0.15, -0.1) is 0 Å². The van der Waals surface area contributed by atoms with E-state index in [0.29, 0.717) is 17.5 Å². The fourth-order valence-corrected chi connectivity index (χ4v) is 3.08. The molecule has 106 valence electrons. The minimum Gasteiger partial charge on any atom is -0.431 e. The summed E-state index contributed by atoms with van der Waals surface area (Å²) in [6.45, 7) is 1.55. The summed E-state index contributed by atoms with van der Waals surface area (Å²) in [6.07, 6.45) is 0.885. The maximum absolute atomic E-state index is 12.0. The number of aliphatic hydroxyl groups is 1. The molecule has 1 atom stereocenters. The normalized spacial score (nSPS) is 18.9. The summed E-state index contributed by atoms with van der Waals surface area (Å²) in [5.74, 6) is 0.631. The number of aromatic nitrogens is 1. The minimum atomic E-state index is 0.0770. The van der Waals surface area contributed by atoms with Gasteiger partial charge < -0.3 is 14.4 Å². The van der Waals surface area contributed by atoms with Crippen LogP contribution in [0.25, 0.3) is 11.1 Å². The van der Waals surface area contributed by atoms with Crippen LogP contribution in [0.4, 0.5) is 0 Å². The summed E-state index contributed by atoms with van der Waals surface area (Å²) in [5, 5.41) is 9.61. The van der Waals surface area contributed by atoms with E-state index in [1.807, 2.05) is 24.3 Å². The van der Waals surface area contributed by atoms with Gasteiger partial charge in [0, 0.05) is 25.6 Å². The van der Waals surface area contributed by atoms with Gasteiger partial charge in [0.1, 0.15) is 5.52 Å². The SMILES string of the molecule is O=C(CSc1nc2ccccc2o1)N1CCC(CO)C1. The van der Waals surface area contributed by atoms with E-state index < -0.39 is 0 Å². The van der Waals surface area contributed by atoms with E-state index >= 15 is 0 Å². The monoisotopic (exact) mass is 292 g/mol. The van der Waals surface area contributed by atoms with Gasteiger partial charge in [-0.25, -0.2) is 4.98 Å². The predicted molar refractivity (Wildman–Crippen MR) is 76.5 cm³/mol. The number of hydrogen-bond donors (Lipinski definition) is 1. The highest BCUT2D eigenvalue weighted by Gasteiger charge is 2.25. The first-order valence-corrected chi connectivity index (χ1v) is 7.62. The molecule has 0 bridgehead atoms. The summed E-state index contributed by atoms with van der Waals surface area (Å²) in [4.78, 5) is 18.2. The van der Waals surface area contributed by atoms with Crippen molar-refractivity contribution in [2.75, 3.05) is 25.4 Å². The fourth-order valence-electron chi connectivity index (χ4n) is 2.34.